The normalized spacial score (nSPS) is 11.3. The molecule has 0 unspecified atom stereocenters. The van der Waals surface area contributed by atoms with Crippen molar-refractivity contribution in [2.24, 2.45) is 0 Å². The number of nitrogens with one attached hydrogen (secondary N) is 2. The molecule has 33 heavy (non-hydrogen) atoms. The Hall–Kier alpha value is -2.76. The number of aryl methyl sites for hydroxylation is 2. The number of aromatic nitrogens is 3. The highest BCUT2D eigenvalue weighted by molar-refractivity contribution is 7.99. The number of nitrogens with zero attached hydrogens (tertiary/aromatic N) is 3. The zero-order valence-electron chi connectivity index (χ0n) is 18.3. The van der Waals surface area contributed by atoms with E-state index in [2.05, 4.69) is 20.5 Å². The number of amides is 1. The summed E-state index contributed by atoms with van der Waals surface area (Å²) in [5.74, 6) is 0.976. The van der Waals surface area contributed by atoms with Gasteiger partial charge in [0.15, 0.2) is 0 Å². The molecule has 0 atom stereocenters. The number of sulfonamides is 1. The lowest BCUT2D eigenvalue weighted by Gasteiger charge is -2.25. The quantitative estimate of drug-likeness (QED) is 0.318. The fourth-order valence-electron chi connectivity index (χ4n) is 2.93. The van der Waals surface area contributed by atoms with E-state index in [0.29, 0.717) is 34.0 Å². The second-order valence-electron chi connectivity index (χ2n) is 7.04. The molecule has 176 valence electrons. The zero-order chi connectivity index (χ0) is 24.0. The Balaban J connectivity index is 1.79. The molecule has 1 amide bonds. The number of rotatable bonds is 10. The van der Waals surface area contributed by atoms with Crippen LogP contribution in [0.2, 0.25) is 5.02 Å². The topological polar surface area (TPSA) is 117 Å². The highest BCUT2D eigenvalue weighted by Gasteiger charge is 2.30. The molecule has 12 heteroatoms. The maximum atomic E-state index is 13.6. The molecule has 0 saturated carbocycles. The van der Waals surface area contributed by atoms with Crippen molar-refractivity contribution in [3.05, 3.63) is 58.9 Å². The summed E-state index contributed by atoms with van der Waals surface area (Å²) in [7, 11) is -2.72. The van der Waals surface area contributed by atoms with Gasteiger partial charge in [-0.05, 0) is 55.8 Å². The van der Waals surface area contributed by atoms with Crippen molar-refractivity contribution in [1.29, 1.82) is 0 Å². The largest absolute Gasteiger partial charge is 0.495 e. The Morgan fingerprint density at radius 1 is 1.21 bits per heavy atom. The van der Waals surface area contributed by atoms with Crippen LogP contribution in [0.25, 0.3) is 0 Å². The molecule has 0 radical (unpaired) electrons. The molecule has 1 aromatic heterocycles. The third kappa shape index (κ3) is 6.40. The summed E-state index contributed by atoms with van der Waals surface area (Å²) in [6.45, 7) is 3.49. The van der Waals surface area contributed by atoms with Crippen LogP contribution in [-0.4, -0.2) is 55.5 Å². The molecule has 0 aliphatic heterocycles. The van der Waals surface area contributed by atoms with E-state index in [1.807, 2.05) is 0 Å². The van der Waals surface area contributed by atoms with Crippen molar-refractivity contribution < 1.29 is 17.9 Å². The fraction of sp³-hybridized carbons (Fsp3) is 0.286. The van der Waals surface area contributed by atoms with Crippen molar-refractivity contribution in [2.75, 3.05) is 30.3 Å². The zero-order valence-corrected chi connectivity index (χ0v) is 20.7. The first-order valence-electron chi connectivity index (χ1n) is 9.92. The minimum atomic E-state index is -4.12. The Morgan fingerprint density at radius 2 is 1.94 bits per heavy atom. The van der Waals surface area contributed by atoms with Crippen molar-refractivity contribution >= 4 is 45.0 Å². The molecule has 2 N–H and O–H groups in total. The lowest BCUT2D eigenvalue weighted by molar-refractivity contribution is -0.119. The van der Waals surface area contributed by atoms with E-state index in [4.69, 9.17) is 16.3 Å². The van der Waals surface area contributed by atoms with Crippen LogP contribution in [0.1, 0.15) is 11.4 Å². The summed E-state index contributed by atoms with van der Waals surface area (Å²) in [5, 5.41) is 10.6. The van der Waals surface area contributed by atoms with Gasteiger partial charge in [-0.2, -0.15) is 0 Å². The van der Waals surface area contributed by atoms with E-state index in [1.165, 1.54) is 24.9 Å². The number of ether oxygens (including phenoxy) is 1. The smallest absolute Gasteiger partial charge is 0.268 e. The minimum Gasteiger partial charge on any atom is -0.495 e. The maximum Gasteiger partial charge on any atom is 0.268 e. The summed E-state index contributed by atoms with van der Waals surface area (Å²) in [4.78, 5) is 16.8. The van der Waals surface area contributed by atoms with E-state index in [1.54, 1.807) is 50.2 Å². The third-order valence-corrected chi connectivity index (χ3v) is 7.42. The lowest BCUT2D eigenvalue weighted by atomic mass is 10.2. The molecule has 1 heterocycles. The molecule has 3 rings (SSSR count). The number of aromatic amines is 1. The van der Waals surface area contributed by atoms with Crippen LogP contribution in [-0.2, 0) is 14.8 Å². The van der Waals surface area contributed by atoms with Crippen molar-refractivity contribution in [3.63, 3.8) is 0 Å². The predicted octanol–water partition coefficient (Wildman–Crippen LogP) is 3.19. The highest BCUT2D eigenvalue weighted by Crippen LogP contribution is 2.31. The monoisotopic (exact) mass is 509 g/mol. The third-order valence-electron chi connectivity index (χ3n) is 4.52. The van der Waals surface area contributed by atoms with Gasteiger partial charge in [-0.3, -0.25) is 14.2 Å². The number of hydrogen-bond donors (Lipinski definition) is 2. The number of carbonyl (C=O) groups excluding carboxylic acids is 1. The molecule has 0 bridgehead atoms. The van der Waals surface area contributed by atoms with Crippen LogP contribution >= 0.6 is 23.4 Å². The predicted molar refractivity (Wildman–Crippen MR) is 129 cm³/mol. The molecular formula is C21H24ClN5O4S2. The van der Waals surface area contributed by atoms with Gasteiger partial charge < -0.3 is 10.1 Å². The molecule has 0 spiro atoms. The van der Waals surface area contributed by atoms with Crippen molar-refractivity contribution in [3.8, 4) is 5.75 Å². The molecular weight excluding hydrogens is 486 g/mol. The highest BCUT2D eigenvalue weighted by atomic mass is 35.5. The number of halogens is 1. The average Bonchev–Trinajstić information content (AvgIpc) is 3.20. The van der Waals surface area contributed by atoms with Crippen LogP contribution in [0.5, 0.6) is 5.75 Å². The SMILES string of the molecule is COc1ccc(C)cc1S(=O)(=O)N(CC(=O)NCCSc1n[nH]c(C)n1)c1ccc(Cl)cc1. The first-order chi connectivity index (χ1) is 15.7. The summed E-state index contributed by atoms with van der Waals surface area (Å²) in [6, 6.07) is 11.1. The van der Waals surface area contributed by atoms with Gasteiger partial charge in [0.2, 0.25) is 11.1 Å². The Kier molecular flexibility index (Phi) is 8.22. The van der Waals surface area contributed by atoms with Gasteiger partial charge in [0.25, 0.3) is 10.0 Å². The number of H-pyrrole nitrogens is 1. The number of hydrogen-bond acceptors (Lipinski definition) is 7. The summed E-state index contributed by atoms with van der Waals surface area (Å²) in [5.41, 5.74) is 1.05. The van der Waals surface area contributed by atoms with Crippen LogP contribution in [0.3, 0.4) is 0 Å². The number of thioether (sulfide) groups is 1. The van der Waals surface area contributed by atoms with Gasteiger partial charge in [-0.1, -0.05) is 29.4 Å². The first-order valence-corrected chi connectivity index (χ1v) is 12.7. The Bertz CT molecular complexity index is 1220. The number of benzene rings is 2. The first kappa shape index (κ1) is 24.9. The van der Waals surface area contributed by atoms with Crippen molar-refractivity contribution in [2.45, 2.75) is 23.9 Å². The van der Waals surface area contributed by atoms with E-state index < -0.39 is 22.5 Å². The molecule has 3 aromatic rings. The second-order valence-corrected chi connectivity index (χ2v) is 10.4. The van der Waals surface area contributed by atoms with Crippen LogP contribution in [0.4, 0.5) is 5.69 Å². The van der Waals surface area contributed by atoms with Crippen LogP contribution in [0, 0.1) is 13.8 Å². The summed E-state index contributed by atoms with van der Waals surface area (Å²) < 4.78 is 33.5. The summed E-state index contributed by atoms with van der Waals surface area (Å²) in [6.07, 6.45) is 0. The average molecular weight is 510 g/mol. The van der Waals surface area contributed by atoms with Gasteiger partial charge in [0.1, 0.15) is 23.0 Å². The molecule has 9 nitrogen and oxygen atoms in total. The minimum absolute atomic E-state index is 0.0247. The molecule has 2 aromatic carbocycles. The molecule has 0 fully saturated rings. The molecule has 0 aliphatic rings. The molecule has 0 aliphatic carbocycles. The van der Waals surface area contributed by atoms with E-state index in [0.717, 1.165) is 9.87 Å². The van der Waals surface area contributed by atoms with E-state index >= 15 is 0 Å². The van der Waals surface area contributed by atoms with E-state index in [-0.39, 0.29) is 10.6 Å². The van der Waals surface area contributed by atoms with Gasteiger partial charge in [0.05, 0.1) is 12.8 Å². The molecule has 0 saturated heterocycles. The number of carbonyl (C=O) groups is 1. The summed E-state index contributed by atoms with van der Waals surface area (Å²) >= 11 is 7.35. The van der Waals surface area contributed by atoms with Crippen LogP contribution < -0.4 is 14.4 Å². The van der Waals surface area contributed by atoms with Gasteiger partial charge >= 0.3 is 0 Å². The number of methoxy groups -OCH3 is 1. The van der Waals surface area contributed by atoms with Gasteiger partial charge in [-0.15, -0.1) is 5.10 Å². The number of anilines is 1. The lowest BCUT2D eigenvalue weighted by Crippen LogP contribution is -2.41. The van der Waals surface area contributed by atoms with Gasteiger partial charge in [0, 0.05) is 17.3 Å². The fourth-order valence-corrected chi connectivity index (χ4v) is 5.42. The second kappa shape index (κ2) is 10.9. The Morgan fingerprint density at radius 3 is 2.58 bits per heavy atom. The maximum absolute atomic E-state index is 13.6. The van der Waals surface area contributed by atoms with Crippen molar-refractivity contribution in [1.82, 2.24) is 20.5 Å². The van der Waals surface area contributed by atoms with Crippen LogP contribution in [0.15, 0.2) is 52.5 Å². The standard InChI is InChI=1S/C21H24ClN5O4S2/c1-14-4-9-18(31-3)19(12-14)33(29,30)27(17-7-5-16(22)6-8-17)13-20(28)23-10-11-32-21-24-15(2)25-26-21/h4-9,12H,10-11,13H2,1-3H3,(H,23,28)(H,24,25,26). The Labute approximate surface area is 201 Å². The van der Waals surface area contributed by atoms with Gasteiger partial charge in [-0.25, -0.2) is 13.4 Å². The van der Waals surface area contributed by atoms with E-state index in [9.17, 15) is 13.2 Å².